The Labute approximate surface area is 183 Å². The molecule has 1 saturated carbocycles. The van der Waals surface area contributed by atoms with Crippen LogP contribution in [0.1, 0.15) is 67.6 Å². The van der Waals surface area contributed by atoms with Crippen molar-refractivity contribution in [3.8, 4) is 0 Å². The first-order valence-electron chi connectivity index (χ1n) is 11.1. The summed E-state index contributed by atoms with van der Waals surface area (Å²) >= 11 is 0. The van der Waals surface area contributed by atoms with Gasteiger partial charge in [-0.15, -0.1) is 0 Å². The molecular weight excluding hydrogens is 394 g/mol. The van der Waals surface area contributed by atoms with Crippen molar-refractivity contribution in [1.82, 2.24) is 15.5 Å². The van der Waals surface area contributed by atoms with Crippen molar-refractivity contribution in [2.75, 3.05) is 13.1 Å². The third-order valence-corrected chi connectivity index (χ3v) is 5.59. The van der Waals surface area contributed by atoms with Gasteiger partial charge in [-0.25, -0.2) is 0 Å². The molecule has 1 aliphatic rings. The Morgan fingerprint density at radius 1 is 1.10 bits per heavy atom. The van der Waals surface area contributed by atoms with Crippen molar-refractivity contribution in [3.05, 3.63) is 60.1 Å². The van der Waals surface area contributed by atoms with Crippen molar-refractivity contribution in [1.29, 1.82) is 0 Å². The second-order valence-electron chi connectivity index (χ2n) is 7.90. The van der Waals surface area contributed by atoms with Crippen LogP contribution in [0.4, 0.5) is 0 Å². The predicted octanol–water partition coefficient (Wildman–Crippen LogP) is 3.44. The minimum Gasteiger partial charge on any atom is -0.459 e. The maximum absolute atomic E-state index is 13.3. The number of amides is 3. The third-order valence-electron chi connectivity index (χ3n) is 5.59. The van der Waals surface area contributed by atoms with Crippen LogP contribution < -0.4 is 10.6 Å². The van der Waals surface area contributed by atoms with Gasteiger partial charge in [0.15, 0.2) is 5.76 Å². The summed E-state index contributed by atoms with van der Waals surface area (Å²) in [4.78, 5) is 40.3. The van der Waals surface area contributed by atoms with Crippen molar-refractivity contribution in [2.24, 2.45) is 0 Å². The summed E-state index contributed by atoms with van der Waals surface area (Å²) in [6.07, 6.45) is 7.20. The van der Waals surface area contributed by atoms with Crippen LogP contribution in [0.5, 0.6) is 0 Å². The Balaban J connectivity index is 1.78. The molecule has 2 aromatic rings. The summed E-state index contributed by atoms with van der Waals surface area (Å²) in [5.41, 5.74) is 0.764. The van der Waals surface area contributed by atoms with Crippen LogP contribution in [0.25, 0.3) is 0 Å². The molecule has 3 rings (SSSR count). The van der Waals surface area contributed by atoms with Gasteiger partial charge in [0.2, 0.25) is 11.8 Å². The molecule has 0 spiro atoms. The lowest BCUT2D eigenvalue weighted by Crippen LogP contribution is -2.49. The van der Waals surface area contributed by atoms with E-state index in [-0.39, 0.29) is 30.2 Å². The number of carbonyl (C=O) groups excluding carboxylic acids is 3. The van der Waals surface area contributed by atoms with Gasteiger partial charge in [0, 0.05) is 12.6 Å². The number of carbonyl (C=O) groups is 3. The van der Waals surface area contributed by atoms with Crippen molar-refractivity contribution < 1.29 is 18.8 Å². The van der Waals surface area contributed by atoms with Crippen LogP contribution in [0, 0.1) is 0 Å². The fourth-order valence-electron chi connectivity index (χ4n) is 3.94. The summed E-state index contributed by atoms with van der Waals surface area (Å²) in [6.45, 7) is 2.27. The molecule has 1 aromatic heterocycles. The lowest BCUT2D eigenvalue weighted by molar-refractivity contribution is -0.140. The highest BCUT2D eigenvalue weighted by atomic mass is 16.3. The topological polar surface area (TPSA) is 91.7 Å². The zero-order valence-corrected chi connectivity index (χ0v) is 18.0. The van der Waals surface area contributed by atoms with E-state index in [0.29, 0.717) is 6.54 Å². The number of rotatable bonds is 10. The van der Waals surface area contributed by atoms with E-state index in [9.17, 15) is 14.4 Å². The largest absolute Gasteiger partial charge is 0.459 e. The van der Waals surface area contributed by atoms with Gasteiger partial charge < -0.3 is 20.0 Å². The van der Waals surface area contributed by atoms with Gasteiger partial charge in [-0.2, -0.15) is 0 Å². The Morgan fingerprint density at radius 2 is 1.84 bits per heavy atom. The van der Waals surface area contributed by atoms with Crippen molar-refractivity contribution in [2.45, 2.75) is 57.5 Å². The Morgan fingerprint density at radius 3 is 2.48 bits per heavy atom. The molecule has 1 aliphatic carbocycles. The predicted molar refractivity (Wildman–Crippen MR) is 117 cm³/mol. The minimum atomic E-state index is -0.735. The highest BCUT2D eigenvalue weighted by Gasteiger charge is 2.32. The van der Waals surface area contributed by atoms with Gasteiger partial charge in [-0.3, -0.25) is 14.4 Å². The van der Waals surface area contributed by atoms with Crippen molar-refractivity contribution >= 4 is 17.7 Å². The number of furan rings is 1. The quantitative estimate of drug-likeness (QED) is 0.610. The van der Waals surface area contributed by atoms with Crippen molar-refractivity contribution in [3.63, 3.8) is 0 Å². The molecule has 3 amide bonds. The number of hydrogen-bond acceptors (Lipinski definition) is 4. The molecule has 1 fully saturated rings. The average Bonchev–Trinajstić information content (AvgIpc) is 3.49. The molecule has 0 radical (unpaired) electrons. The normalized spacial score (nSPS) is 14.7. The summed E-state index contributed by atoms with van der Waals surface area (Å²) in [7, 11) is 0. The van der Waals surface area contributed by atoms with Crippen LogP contribution in [0.15, 0.2) is 53.1 Å². The van der Waals surface area contributed by atoms with Gasteiger partial charge >= 0.3 is 0 Å². The zero-order chi connectivity index (χ0) is 22.1. The lowest BCUT2D eigenvalue weighted by Gasteiger charge is -2.32. The van der Waals surface area contributed by atoms with E-state index in [0.717, 1.165) is 44.1 Å². The number of nitrogens with one attached hydrogen (secondary N) is 2. The first-order valence-corrected chi connectivity index (χ1v) is 11.1. The molecule has 166 valence electrons. The van der Waals surface area contributed by atoms with Gasteiger partial charge in [0.05, 0.1) is 12.8 Å². The maximum atomic E-state index is 13.3. The number of unbranched alkanes of at least 4 members (excludes halogenated alkanes) is 1. The first-order chi connectivity index (χ1) is 15.1. The molecule has 31 heavy (non-hydrogen) atoms. The second-order valence-corrected chi connectivity index (χ2v) is 7.90. The average molecular weight is 426 g/mol. The van der Waals surface area contributed by atoms with E-state index in [1.54, 1.807) is 11.0 Å². The molecule has 1 aromatic carbocycles. The molecule has 1 atom stereocenters. The molecule has 0 bridgehead atoms. The van der Waals surface area contributed by atoms with Crippen LogP contribution in [-0.4, -0.2) is 41.8 Å². The van der Waals surface area contributed by atoms with Gasteiger partial charge in [-0.05, 0) is 37.0 Å². The Kier molecular flexibility index (Phi) is 8.27. The number of benzene rings is 1. The molecule has 2 N–H and O–H groups in total. The van der Waals surface area contributed by atoms with Crippen LogP contribution in [-0.2, 0) is 9.59 Å². The Bertz CT molecular complexity index is 845. The van der Waals surface area contributed by atoms with E-state index in [1.165, 1.54) is 12.3 Å². The molecule has 7 heteroatoms. The van der Waals surface area contributed by atoms with Crippen LogP contribution in [0.3, 0.4) is 0 Å². The van der Waals surface area contributed by atoms with E-state index in [1.807, 2.05) is 37.3 Å². The molecule has 0 aliphatic heterocycles. The van der Waals surface area contributed by atoms with E-state index in [2.05, 4.69) is 10.6 Å². The maximum Gasteiger partial charge on any atom is 0.287 e. The monoisotopic (exact) mass is 425 g/mol. The summed E-state index contributed by atoms with van der Waals surface area (Å²) in [5.74, 6) is -0.782. The second kappa shape index (κ2) is 11.3. The lowest BCUT2D eigenvalue weighted by atomic mass is 10.0. The van der Waals surface area contributed by atoms with E-state index < -0.39 is 11.9 Å². The fraction of sp³-hybridized carbons (Fsp3) is 0.458. The molecule has 1 heterocycles. The zero-order valence-electron chi connectivity index (χ0n) is 18.0. The highest BCUT2D eigenvalue weighted by molar-refractivity contribution is 5.95. The SMILES string of the molecule is CCCCN(C(=O)CNC(=O)c1ccco1)[C@H](C(=O)NC1CCCC1)c1ccccc1. The van der Waals surface area contributed by atoms with E-state index in [4.69, 9.17) is 4.42 Å². The fourth-order valence-corrected chi connectivity index (χ4v) is 3.94. The minimum absolute atomic E-state index is 0.145. The first kappa shape index (κ1) is 22.6. The molecular formula is C24H31N3O4. The van der Waals surface area contributed by atoms with Gasteiger partial charge in [-0.1, -0.05) is 56.5 Å². The number of hydrogen-bond donors (Lipinski definition) is 2. The number of nitrogens with zero attached hydrogens (tertiary/aromatic N) is 1. The van der Waals surface area contributed by atoms with Crippen LogP contribution in [0.2, 0.25) is 0 Å². The molecule has 0 saturated heterocycles. The smallest absolute Gasteiger partial charge is 0.287 e. The Hall–Kier alpha value is -3.09. The summed E-state index contributed by atoms with van der Waals surface area (Å²) in [6, 6.07) is 11.9. The molecule has 7 nitrogen and oxygen atoms in total. The standard InChI is InChI=1S/C24H31N3O4/c1-2-3-15-27(21(28)17-25-23(29)20-14-9-16-31-20)22(18-10-5-4-6-11-18)24(30)26-19-12-7-8-13-19/h4-6,9-11,14,16,19,22H,2-3,7-8,12-13,15,17H2,1H3,(H,25,29)(H,26,30)/t22-/m0/s1. The third kappa shape index (κ3) is 6.20. The van der Waals surface area contributed by atoms with E-state index >= 15 is 0 Å². The highest BCUT2D eigenvalue weighted by Crippen LogP contribution is 2.24. The van der Waals surface area contributed by atoms with Gasteiger partial charge in [0.25, 0.3) is 5.91 Å². The summed E-state index contributed by atoms with van der Waals surface area (Å²) < 4.78 is 5.08. The van der Waals surface area contributed by atoms with Crippen LogP contribution >= 0.6 is 0 Å². The van der Waals surface area contributed by atoms with Gasteiger partial charge in [0.1, 0.15) is 6.04 Å². The summed E-state index contributed by atoms with van der Waals surface area (Å²) in [5, 5.41) is 5.75. The molecule has 0 unspecified atom stereocenters.